The Morgan fingerprint density at radius 1 is 0.514 bits per heavy atom. The fourth-order valence-corrected chi connectivity index (χ4v) is 12.5. The zero-order chi connectivity index (χ0) is 24.6. The molecule has 0 amide bonds. The van der Waals surface area contributed by atoms with E-state index in [-0.39, 0.29) is 51.0 Å². The van der Waals surface area contributed by atoms with Crippen LogP contribution in [0.25, 0.3) is 21.5 Å². The predicted molar refractivity (Wildman–Crippen MR) is 161 cm³/mol. The van der Waals surface area contributed by atoms with Crippen molar-refractivity contribution in [1.82, 2.24) is 0 Å². The van der Waals surface area contributed by atoms with Crippen molar-refractivity contribution in [3.63, 3.8) is 0 Å². The molecule has 5 heteroatoms. The quantitative estimate of drug-likeness (QED) is 0.178. The number of rotatable bonds is 10. The van der Waals surface area contributed by atoms with Crippen LogP contribution in [0.3, 0.4) is 0 Å². The zero-order valence-electron chi connectivity index (χ0n) is 23.8. The minimum absolute atomic E-state index is 0. The molecule has 0 N–H and O–H groups in total. The molecular weight excluding hydrogens is 603 g/mol. The normalized spacial score (nSPS) is 11.2. The molecule has 0 aliphatic heterocycles. The van der Waals surface area contributed by atoms with Crippen LogP contribution in [0.2, 0.25) is 36.3 Å². The molecule has 0 saturated heterocycles. The average molecular weight is 649 g/mol. The Kier molecular flexibility index (Phi) is 17.1. The second kappa shape index (κ2) is 17.3. The number of hydrogen-bond acceptors (Lipinski definition) is 0. The molecule has 0 saturated carbocycles. The van der Waals surface area contributed by atoms with Gasteiger partial charge in [0.1, 0.15) is 0 Å². The summed E-state index contributed by atoms with van der Waals surface area (Å²) >= 11 is 0. The van der Waals surface area contributed by atoms with Gasteiger partial charge in [-0.2, -0.15) is 23.3 Å². The van der Waals surface area contributed by atoms with Crippen molar-refractivity contribution in [3.8, 4) is 0 Å². The van der Waals surface area contributed by atoms with Crippen LogP contribution in [0, 0.1) is 0 Å². The van der Waals surface area contributed by atoms with Gasteiger partial charge in [-0.25, -0.2) is 0 Å². The van der Waals surface area contributed by atoms with Gasteiger partial charge in [-0.3, -0.25) is 0 Å². The van der Waals surface area contributed by atoms with Crippen molar-refractivity contribution in [1.29, 1.82) is 0 Å². The Morgan fingerprint density at radius 2 is 0.811 bits per heavy atom. The Hall–Kier alpha value is -0.443. The molecule has 0 aliphatic carbocycles. The monoisotopic (exact) mass is 646 g/mol. The van der Waals surface area contributed by atoms with Crippen molar-refractivity contribution in [2.45, 2.75) is 89.9 Å². The number of halogens is 2. The Balaban J connectivity index is 0.000000648. The SMILES string of the molecule is CC[Si](CC)(CC)Cc1c[cH-]c2ccccc12.CC[Si](CC)(CC)Cc1c[cH-]c2ccccc12.[Cl-].[Cl-].[Zr+4]. The first-order valence-electron chi connectivity index (χ1n) is 13.8. The molecule has 0 fully saturated rings. The van der Waals surface area contributed by atoms with Gasteiger partial charge in [-0.15, -0.1) is 70.1 Å². The second-order valence-corrected chi connectivity index (χ2v) is 21.3. The standard InChI is InChI=1S/2C16H23Si.2ClH.Zr/c2*1-4-17(5-2,6-3)13-15-12-11-14-9-7-8-10-16(14)15;;;/h2*7-12H,4-6,13H2,1-3H3;2*1H;/q2*-1;;;+4/p-2. The number of fused-ring (bicyclic) bond motifs is 2. The third-order valence-electron chi connectivity index (χ3n) is 9.17. The summed E-state index contributed by atoms with van der Waals surface area (Å²) in [5.41, 5.74) is 3.19. The van der Waals surface area contributed by atoms with E-state index in [1.54, 1.807) is 11.1 Å². The summed E-state index contributed by atoms with van der Waals surface area (Å²) in [6.07, 6.45) is 0. The average Bonchev–Trinajstić information content (AvgIpc) is 3.50. The van der Waals surface area contributed by atoms with Gasteiger partial charge >= 0.3 is 26.2 Å². The van der Waals surface area contributed by atoms with E-state index in [0.29, 0.717) is 0 Å². The fraction of sp³-hybridized carbons (Fsp3) is 0.438. The summed E-state index contributed by atoms with van der Waals surface area (Å²) in [5.74, 6) is 0. The molecule has 0 aromatic heterocycles. The third-order valence-corrected chi connectivity index (χ3v) is 20.4. The van der Waals surface area contributed by atoms with Gasteiger partial charge in [0, 0.05) is 16.1 Å². The van der Waals surface area contributed by atoms with Gasteiger partial charge in [-0.1, -0.05) is 102 Å². The zero-order valence-corrected chi connectivity index (χ0v) is 29.8. The largest absolute Gasteiger partial charge is 4.00 e. The molecule has 37 heavy (non-hydrogen) atoms. The van der Waals surface area contributed by atoms with Crippen LogP contribution in [0.4, 0.5) is 0 Å². The minimum Gasteiger partial charge on any atom is -1.00 e. The summed E-state index contributed by atoms with van der Waals surface area (Å²) in [6.45, 7) is 14.4. The molecule has 200 valence electrons. The summed E-state index contributed by atoms with van der Waals surface area (Å²) in [4.78, 5) is 0. The molecule has 0 nitrogen and oxygen atoms in total. The fourth-order valence-electron chi connectivity index (χ4n) is 5.80. The van der Waals surface area contributed by atoms with Gasteiger partial charge in [0.05, 0.1) is 0 Å². The maximum absolute atomic E-state index is 2.39. The van der Waals surface area contributed by atoms with Crippen molar-refractivity contribution in [2.24, 2.45) is 0 Å². The molecule has 4 rings (SSSR count). The first-order valence-corrected chi connectivity index (χ1v) is 19.4. The van der Waals surface area contributed by atoms with Crippen LogP contribution in [0.15, 0.2) is 72.8 Å². The van der Waals surface area contributed by atoms with E-state index in [9.17, 15) is 0 Å². The first-order chi connectivity index (χ1) is 16.5. The molecule has 4 aromatic carbocycles. The molecule has 0 radical (unpaired) electrons. The molecule has 0 spiro atoms. The molecule has 0 bridgehead atoms. The van der Waals surface area contributed by atoms with E-state index >= 15 is 0 Å². The molecular formula is C32H46Cl2Si2Zr. The number of benzene rings is 2. The smallest absolute Gasteiger partial charge is 1.00 e. The molecule has 0 atom stereocenters. The summed E-state index contributed by atoms with van der Waals surface area (Å²) in [7, 11) is -2.08. The summed E-state index contributed by atoms with van der Waals surface area (Å²) < 4.78 is 0. The van der Waals surface area contributed by atoms with Crippen molar-refractivity contribution >= 4 is 37.7 Å². The van der Waals surface area contributed by atoms with E-state index in [4.69, 9.17) is 0 Å². The van der Waals surface area contributed by atoms with E-state index in [1.165, 1.54) is 69.9 Å². The summed E-state index contributed by atoms with van der Waals surface area (Å²) in [5, 5.41) is 5.79. The van der Waals surface area contributed by atoms with Crippen LogP contribution < -0.4 is 24.8 Å². The van der Waals surface area contributed by atoms with Gasteiger partial charge in [0.15, 0.2) is 0 Å². The first kappa shape index (κ1) is 36.6. The van der Waals surface area contributed by atoms with Crippen molar-refractivity contribution in [3.05, 3.63) is 83.9 Å². The van der Waals surface area contributed by atoms with E-state index < -0.39 is 16.1 Å². The van der Waals surface area contributed by atoms with E-state index in [2.05, 4.69) is 114 Å². The maximum Gasteiger partial charge on any atom is 4.00 e. The maximum atomic E-state index is 2.39. The molecule has 0 heterocycles. The van der Waals surface area contributed by atoms with Crippen molar-refractivity contribution < 1.29 is 51.0 Å². The van der Waals surface area contributed by atoms with Crippen LogP contribution in [0.5, 0.6) is 0 Å². The van der Waals surface area contributed by atoms with Crippen LogP contribution in [-0.4, -0.2) is 16.1 Å². The minimum atomic E-state index is -1.04. The van der Waals surface area contributed by atoms with Gasteiger partial charge in [0.25, 0.3) is 0 Å². The predicted octanol–water partition coefficient (Wildman–Crippen LogP) is 4.30. The third kappa shape index (κ3) is 8.77. The summed E-state index contributed by atoms with van der Waals surface area (Å²) in [6, 6.07) is 38.1. The Bertz CT molecular complexity index is 1050. The Labute approximate surface area is 260 Å². The second-order valence-electron chi connectivity index (χ2n) is 10.4. The van der Waals surface area contributed by atoms with Gasteiger partial charge < -0.3 is 24.8 Å². The molecule has 0 unspecified atom stereocenters. The van der Waals surface area contributed by atoms with Crippen LogP contribution in [-0.2, 0) is 38.3 Å². The van der Waals surface area contributed by atoms with Gasteiger partial charge in [0.2, 0.25) is 0 Å². The molecule has 4 aromatic rings. The Morgan fingerprint density at radius 3 is 1.11 bits per heavy atom. The van der Waals surface area contributed by atoms with Crippen molar-refractivity contribution in [2.75, 3.05) is 0 Å². The van der Waals surface area contributed by atoms with Crippen LogP contribution in [0.1, 0.15) is 52.7 Å². The van der Waals surface area contributed by atoms with E-state index in [0.717, 1.165) is 0 Å². The molecule has 0 aliphatic rings. The number of hydrogen-bond donors (Lipinski definition) is 0. The van der Waals surface area contributed by atoms with E-state index in [1.807, 2.05) is 0 Å². The topological polar surface area (TPSA) is 0 Å². The van der Waals surface area contributed by atoms with Crippen LogP contribution >= 0.6 is 0 Å². The van der Waals surface area contributed by atoms with Gasteiger partial charge in [-0.05, 0) is 0 Å².